The fourth-order valence-electron chi connectivity index (χ4n) is 4.20. The van der Waals surface area contributed by atoms with Crippen LogP contribution in [0.15, 0.2) is 47.1 Å². The van der Waals surface area contributed by atoms with E-state index in [9.17, 15) is 18.0 Å². The zero-order valence-electron chi connectivity index (χ0n) is 19.3. The molecule has 0 aliphatic carbocycles. The van der Waals surface area contributed by atoms with Crippen molar-refractivity contribution in [3.8, 4) is 6.01 Å². The van der Waals surface area contributed by atoms with Crippen molar-refractivity contribution >= 4 is 34.6 Å². The highest BCUT2D eigenvalue weighted by Crippen LogP contribution is 2.35. The SMILES string of the molecule is O=C(COc1nccc(C(F)(F)F)n1)N1CCC(c2nc(C3=NOC(c4ccccc4Cl)C3)cs2)CC1. The Hall–Kier alpha value is -3.25. The van der Waals surface area contributed by atoms with Gasteiger partial charge in [-0.3, -0.25) is 4.79 Å². The van der Waals surface area contributed by atoms with Crippen molar-refractivity contribution in [2.24, 2.45) is 5.16 Å². The molecule has 1 amide bonds. The molecule has 0 spiro atoms. The van der Waals surface area contributed by atoms with E-state index in [0.29, 0.717) is 37.4 Å². The molecule has 194 valence electrons. The second-order valence-corrected chi connectivity index (χ2v) is 9.89. The van der Waals surface area contributed by atoms with Crippen molar-refractivity contribution in [1.82, 2.24) is 19.9 Å². The molecule has 0 N–H and O–H groups in total. The Morgan fingerprint density at radius 1 is 1.19 bits per heavy atom. The van der Waals surface area contributed by atoms with Gasteiger partial charge in [0.2, 0.25) is 0 Å². The summed E-state index contributed by atoms with van der Waals surface area (Å²) in [5.74, 6) is -0.139. The molecule has 1 fully saturated rings. The van der Waals surface area contributed by atoms with E-state index in [2.05, 4.69) is 15.1 Å². The molecular weight excluding hydrogens is 531 g/mol. The van der Waals surface area contributed by atoms with Crippen LogP contribution in [0.4, 0.5) is 13.2 Å². The van der Waals surface area contributed by atoms with Gasteiger partial charge in [-0.1, -0.05) is 35.0 Å². The molecule has 37 heavy (non-hydrogen) atoms. The van der Waals surface area contributed by atoms with E-state index < -0.39 is 24.5 Å². The molecule has 1 unspecified atom stereocenters. The molecule has 2 aromatic heterocycles. The van der Waals surface area contributed by atoms with Gasteiger partial charge in [0, 0.05) is 47.6 Å². The predicted octanol–water partition coefficient (Wildman–Crippen LogP) is 5.26. The van der Waals surface area contributed by atoms with Crippen LogP contribution >= 0.6 is 22.9 Å². The maximum absolute atomic E-state index is 12.8. The summed E-state index contributed by atoms with van der Waals surface area (Å²) in [6.07, 6.45) is -1.91. The number of benzene rings is 1. The number of oxime groups is 1. The molecule has 4 heterocycles. The summed E-state index contributed by atoms with van der Waals surface area (Å²) in [7, 11) is 0. The second-order valence-electron chi connectivity index (χ2n) is 8.59. The molecule has 0 saturated carbocycles. The highest BCUT2D eigenvalue weighted by molar-refractivity contribution is 7.10. The van der Waals surface area contributed by atoms with Gasteiger partial charge in [-0.15, -0.1) is 11.3 Å². The molecule has 0 bridgehead atoms. The standard InChI is InChI=1S/C24H21ClF3N5O3S/c25-16-4-2-1-3-15(16)19-11-17(32-36-19)18-13-37-22(30-18)14-6-9-33(10-7-14)21(34)12-35-23-29-8-5-20(31-23)24(26,27)28/h1-5,8,13-14,19H,6-7,9-12H2. The number of halogens is 4. The smallest absolute Gasteiger partial charge is 0.433 e. The first kappa shape index (κ1) is 25.4. The number of alkyl halides is 3. The highest BCUT2D eigenvalue weighted by atomic mass is 35.5. The lowest BCUT2D eigenvalue weighted by Crippen LogP contribution is -2.40. The first-order valence-corrected chi connectivity index (χ1v) is 12.8. The molecule has 3 aromatic rings. The number of aromatic nitrogens is 3. The van der Waals surface area contributed by atoms with Crippen LogP contribution in [0.25, 0.3) is 0 Å². The summed E-state index contributed by atoms with van der Waals surface area (Å²) in [6, 6.07) is 7.78. The molecule has 2 aliphatic heterocycles. The quantitative estimate of drug-likeness (QED) is 0.415. The third kappa shape index (κ3) is 5.85. The maximum atomic E-state index is 12.8. The number of hydrogen-bond acceptors (Lipinski definition) is 8. The minimum absolute atomic E-state index is 0.192. The van der Waals surface area contributed by atoms with Crippen molar-refractivity contribution in [3.05, 3.63) is 68.9 Å². The van der Waals surface area contributed by atoms with Gasteiger partial charge < -0.3 is 14.5 Å². The molecule has 1 atom stereocenters. The molecule has 1 saturated heterocycles. The van der Waals surface area contributed by atoms with Gasteiger partial charge in [-0.2, -0.15) is 18.2 Å². The zero-order chi connectivity index (χ0) is 26.0. The van der Waals surface area contributed by atoms with Crippen LogP contribution in [0.2, 0.25) is 5.02 Å². The van der Waals surface area contributed by atoms with Crippen molar-refractivity contribution < 1.29 is 27.5 Å². The van der Waals surface area contributed by atoms with E-state index in [4.69, 9.17) is 26.2 Å². The number of nitrogens with zero attached hydrogens (tertiary/aromatic N) is 5. The van der Waals surface area contributed by atoms with Gasteiger partial charge in [0.15, 0.2) is 18.4 Å². The summed E-state index contributed by atoms with van der Waals surface area (Å²) < 4.78 is 43.5. The van der Waals surface area contributed by atoms with Crippen molar-refractivity contribution in [2.45, 2.75) is 37.5 Å². The van der Waals surface area contributed by atoms with Crippen LogP contribution in [-0.2, 0) is 15.8 Å². The van der Waals surface area contributed by atoms with E-state index in [0.717, 1.165) is 34.2 Å². The largest absolute Gasteiger partial charge is 0.453 e. The summed E-state index contributed by atoms with van der Waals surface area (Å²) in [6.45, 7) is 0.549. The van der Waals surface area contributed by atoms with Crippen LogP contribution in [0, 0.1) is 0 Å². The van der Waals surface area contributed by atoms with Crippen molar-refractivity contribution in [3.63, 3.8) is 0 Å². The normalized spacial score (nSPS) is 18.4. The number of ether oxygens (including phenoxy) is 1. The van der Waals surface area contributed by atoms with Crippen LogP contribution in [0.1, 0.15) is 53.2 Å². The summed E-state index contributed by atoms with van der Waals surface area (Å²) in [5.41, 5.74) is 1.32. The number of rotatable bonds is 6. The monoisotopic (exact) mass is 551 g/mol. The lowest BCUT2D eigenvalue weighted by atomic mass is 9.97. The molecular formula is C24H21ClF3N5O3S. The Balaban J connectivity index is 1.12. The van der Waals surface area contributed by atoms with E-state index in [1.165, 1.54) is 0 Å². The van der Waals surface area contributed by atoms with Gasteiger partial charge in [0.25, 0.3) is 5.91 Å². The van der Waals surface area contributed by atoms with Gasteiger partial charge >= 0.3 is 12.2 Å². The average Bonchev–Trinajstić information content (AvgIpc) is 3.58. The van der Waals surface area contributed by atoms with Gasteiger partial charge in [0.05, 0.1) is 10.7 Å². The number of piperidine rings is 1. The van der Waals surface area contributed by atoms with E-state index >= 15 is 0 Å². The minimum atomic E-state index is -4.61. The third-order valence-electron chi connectivity index (χ3n) is 6.18. The Morgan fingerprint density at radius 2 is 1.97 bits per heavy atom. The summed E-state index contributed by atoms with van der Waals surface area (Å²) in [4.78, 5) is 31.5. The molecule has 8 nitrogen and oxygen atoms in total. The molecule has 0 radical (unpaired) electrons. The lowest BCUT2D eigenvalue weighted by molar-refractivity contribution is -0.141. The molecule has 5 rings (SSSR count). The fraction of sp³-hybridized carbons (Fsp3) is 0.375. The number of carbonyl (C=O) groups is 1. The highest BCUT2D eigenvalue weighted by Gasteiger charge is 2.33. The van der Waals surface area contributed by atoms with Crippen molar-refractivity contribution in [2.75, 3.05) is 19.7 Å². The number of amides is 1. The summed E-state index contributed by atoms with van der Waals surface area (Å²) >= 11 is 7.84. The van der Waals surface area contributed by atoms with Crippen LogP contribution in [0.5, 0.6) is 6.01 Å². The Morgan fingerprint density at radius 3 is 2.73 bits per heavy atom. The Labute approximate surface area is 219 Å². The van der Waals surface area contributed by atoms with E-state index in [1.807, 2.05) is 29.6 Å². The molecule has 13 heteroatoms. The van der Waals surface area contributed by atoms with E-state index in [1.54, 1.807) is 16.2 Å². The lowest BCUT2D eigenvalue weighted by Gasteiger charge is -2.31. The van der Waals surface area contributed by atoms with Crippen LogP contribution in [-0.4, -0.2) is 51.2 Å². The van der Waals surface area contributed by atoms with Crippen molar-refractivity contribution in [1.29, 1.82) is 0 Å². The topological polar surface area (TPSA) is 89.8 Å². The zero-order valence-corrected chi connectivity index (χ0v) is 20.9. The van der Waals surface area contributed by atoms with E-state index in [-0.39, 0.29) is 17.9 Å². The van der Waals surface area contributed by atoms with Crippen LogP contribution < -0.4 is 4.74 Å². The number of hydrogen-bond donors (Lipinski definition) is 0. The van der Waals surface area contributed by atoms with Gasteiger partial charge in [0.1, 0.15) is 5.71 Å². The first-order chi connectivity index (χ1) is 17.8. The molecule has 1 aromatic carbocycles. The Kier molecular flexibility index (Phi) is 7.29. The van der Waals surface area contributed by atoms with Gasteiger partial charge in [-0.05, 0) is 25.0 Å². The first-order valence-electron chi connectivity index (χ1n) is 11.5. The minimum Gasteiger partial charge on any atom is -0.453 e. The predicted molar refractivity (Wildman–Crippen MR) is 130 cm³/mol. The van der Waals surface area contributed by atoms with Crippen LogP contribution in [0.3, 0.4) is 0 Å². The third-order valence-corrected chi connectivity index (χ3v) is 7.54. The average molecular weight is 552 g/mol. The number of likely N-dealkylation sites (tertiary alicyclic amines) is 1. The fourth-order valence-corrected chi connectivity index (χ4v) is 5.46. The summed E-state index contributed by atoms with van der Waals surface area (Å²) in [5, 5.41) is 7.80. The number of carbonyl (C=O) groups excluding carboxylic acids is 1. The number of thiazole rings is 1. The maximum Gasteiger partial charge on any atom is 0.433 e. The Bertz CT molecular complexity index is 1310. The second kappa shape index (κ2) is 10.6. The van der Waals surface area contributed by atoms with Gasteiger partial charge in [-0.25, -0.2) is 9.97 Å². The molecule has 2 aliphatic rings.